The molecule has 1 N–H and O–H groups in total. The number of nitrogens with zero attached hydrogens (tertiary/aromatic N) is 1. The number of halogens is 1. The van der Waals surface area contributed by atoms with E-state index in [9.17, 15) is 13.2 Å². The van der Waals surface area contributed by atoms with Crippen LogP contribution in [0.2, 0.25) is 5.02 Å². The van der Waals surface area contributed by atoms with Crippen molar-refractivity contribution in [1.82, 2.24) is 5.32 Å². The van der Waals surface area contributed by atoms with Crippen LogP contribution < -0.4 is 14.4 Å². The summed E-state index contributed by atoms with van der Waals surface area (Å²) in [5, 5.41) is 3.53. The maximum atomic E-state index is 13.4. The first kappa shape index (κ1) is 21.0. The highest BCUT2D eigenvalue weighted by Crippen LogP contribution is 2.37. The number of amides is 1. The number of sulfonamides is 1. The molecule has 4 rings (SSSR count). The van der Waals surface area contributed by atoms with Gasteiger partial charge >= 0.3 is 0 Å². The lowest BCUT2D eigenvalue weighted by Crippen LogP contribution is -2.52. The lowest BCUT2D eigenvalue weighted by molar-refractivity contribution is -0.128. The molecule has 0 saturated heterocycles. The van der Waals surface area contributed by atoms with Crippen molar-refractivity contribution in [1.29, 1.82) is 0 Å². The van der Waals surface area contributed by atoms with Gasteiger partial charge < -0.3 is 10.1 Å². The quantitative estimate of drug-likeness (QED) is 0.713. The molecule has 2 aromatic carbocycles. The fraction of sp³-hybridized carbons (Fsp3) is 0.409. The summed E-state index contributed by atoms with van der Waals surface area (Å²) in [6.07, 6.45) is 5.54. The number of carbonyl (C=O) groups excluding carboxylic acids is 1. The first-order valence-corrected chi connectivity index (χ1v) is 12.1. The summed E-state index contributed by atoms with van der Waals surface area (Å²) >= 11 is 5.92. The normalized spacial score (nSPS) is 20.0. The fourth-order valence-electron chi connectivity index (χ4n) is 4.02. The molecule has 1 heterocycles. The number of hydrogen-bond acceptors (Lipinski definition) is 4. The first-order chi connectivity index (χ1) is 14.4. The van der Waals surface area contributed by atoms with E-state index in [-0.39, 0.29) is 23.4 Å². The predicted molar refractivity (Wildman–Crippen MR) is 116 cm³/mol. The van der Waals surface area contributed by atoms with Gasteiger partial charge in [0.05, 0.1) is 17.1 Å². The molecular formula is C22H25ClN2O4S. The summed E-state index contributed by atoms with van der Waals surface area (Å²) in [6.45, 7) is -0.0828. The molecule has 6 nitrogen and oxygen atoms in total. The number of nitrogens with one attached hydrogen (secondary N) is 1. The first-order valence-electron chi connectivity index (χ1n) is 10.3. The third kappa shape index (κ3) is 4.42. The Morgan fingerprint density at radius 1 is 1.00 bits per heavy atom. The van der Waals surface area contributed by atoms with Crippen LogP contribution in [0.4, 0.5) is 5.69 Å². The molecule has 1 aliphatic carbocycles. The number of anilines is 1. The minimum Gasteiger partial charge on any atom is -0.476 e. The molecule has 1 fully saturated rings. The van der Waals surface area contributed by atoms with Gasteiger partial charge in [-0.25, -0.2) is 8.42 Å². The minimum absolute atomic E-state index is 0.0828. The Kier molecular flexibility index (Phi) is 6.20. The van der Waals surface area contributed by atoms with Crippen molar-refractivity contribution >= 4 is 33.2 Å². The highest BCUT2D eigenvalue weighted by Gasteiger charge is 2.38. The second-order valence-electron chi connectivity index (χ2n) is 7.76. The predicted octanol–water partition coefficient (Wildman–Crippen LogP) is 4.14. The summed E-state index contributed by atoms with van der Waals surface area (Å²) in [7, 11) is -3.88. The lowest BCUT2D eigenvalue weighted by Gasteiger charge is -2.35. The number of para-hydroxylation sites is 2. The topological polar surface area (TPSA) is 75.7 Å². The monoisotopic (exact) mass is 448 g/mol. The van der Waals surface area contributed by atoms with Crippen LogP contribution >= 0.6 is 11.6 Å². The Balaban J connectivity index is 1.60. The molecular weight excluding hydrogens is 424 g/mol. The van der Waals surface area contributed by atoms with E-state index >= 15 is 0 Å². The maximum Gasteiger partial charge on any atom is 0.264 e. The maximum absolute atomic E-state index is 13.4. The Bertz CT molecular complexity index is 1000. The molecule has 1 amide bonds. The van der Waals surface area contributed by atoms with Gasteiger partial charge in [0.1, 0.15) is 5.75 Å². The number of carbonyl (C=O) groups is 1. The van der Waals surface area contributed by atoms with Crippen LogP contribution in [0.3, 0.4) is 0 Å². The third-order valence-corrected chi connectivity index (χ3v) is 7.68. The van der Waals surface area contributed by atoms with E-state index in [0.717, 1.165) is 25.7 Å². The molecule has 1 unspecified atom stereocenters. The summed E-state index contributed by atoms with van der Waals surface area (Å²) in [4.78, 5) is 13.1. The van der Waals surface area contributed by atoms with Crippen molar-refractivity contribution in [3.63, 3.8) is 0 Å². The van der Waals surface area contributed by atoms with Gasteiger partial charge in [0.2, 0.25) is 0 Å². The van der Waals surface area contributed by atoms with Crippen LogP contribution in [0.1, 0.15) is 38.5 Å². The summed E-state index contributed by atoms with van der Waals surface area (Å²) in [6, 6.07) is 13.0. The number of ether oxygens (including phenoxy) is 1. The van der Waals surface area contributed by atoms with Crippen molar-refractivity contribution < 1.29 is 17.9 Å². The molecule has 0 radical (unpaired) electrons. The van der Waals surface area contributed by atoms with Gasteiger partial charge in [-0.2, -0.15) is 0 Å². The van der Waals surface area contributed by atoms with Crippen LogP contribution in [0.25, 0.3) is 0 Å². The van der Waals surface area contributed by atoms with Gasteiger partial charge in [-0.05, 0) is 49.2 Å². The van der Waals surface area contributed by atoms with Crippen LogP contribution in [0.15, 0.2) is 53.4 Å². The standard InChI is InChI=1S/C22H25ClN2O4S/c23-16-11-13-18(14-12-16)30(27,28)25-15-21(29-20-10-6-5-9-19(20)25)22(26)24-17-7-3-1-2-4-8-17/h5-6,9-14,17,21H,1-4,7-8,15H2,(H,24,26). The van der Waals surface area contributed by atoms with Crippen molar-refractivity contribution in [3.8, 4) is 5.75 Å². The van der Waals surface area contributed by atoms with Crippen molar-refractivity contribution in [3.05, 3.63) is 53.6 Å². The second-order valence-corrected chi connectivity index (χ2v) is 10.1. The molecule has 0 spiro atoms. The van der Waals surface area contributed by atoms with Gasteiger partial charge in [-0.15, -0.1) is 0 Å². The zero-order valence-corrected chi connectivity index (χ0v) is 18.2. The average Bonchev–Trinajstić information content (AvgIpc) is 3.02. The van der Waals surface area contributed by atoms with E-state index < -0.39 is 16.1 Å². The molecule has 1 atom stereocenters. The fourth-order valence-corrected chi connectivity index (χ4v) is 5.62. The smallest absolute Gasteiger partial charge is 0.264 e. The Morgan fingerprint density at radius 2 is 1.67 bits per heavy atom. The SMILES string of the molecule is O=C(NC1CCCCCC1)C1CN(S(=O)(=O)c2ccc(Cl)cc2)c2ccccc2O1. The summed E-state index contributed by atoms with van der Waals surface area (Å²) in [5.74, 6) is 0.106. The lowest BCUT2D eigenvalue weighted by atomic mass is 10.1. The number of benzene rings is 2. The van der Waals surface area contributed by atoms with Gasteiger partial charge in [-0.3, -0.25) is 9.10 Å². The Hall–Kier alpha value is -2.25. The largest absolute Gasteiger partial charge is 0.476 e. The van der Waals surface area contributed by atoms with Gasteiger partial charge in [0, 0.05) is 11.1 Å². The van der Waals surface area contributed by atoms with Crippen LogP contribution in [0, 0.1) is 0 Å². The van der Waals surface area contributed by atoms with E-state index in [2.05, 4.69) is 5.32 Å². The Labute approximate surface area is 182 Å². The number of hydrogen-bond donors (Lipinski definition) is 1. The molecule has 8 heteroatoms. The summed E-state index contributed by atoms with van der Waals surface area (Å²) in [5.41, 5.74) is 0.422. The Morgan fingerprint density at radius 3 is 2.37 bits per heavy atom. The van der Waals surface area contributed by atoms with Crippen molar-refractivity contribution in [2.24, 2.45) is 0 Å². The van der Waals surface area contributed by atoms with Crippen molar-refractivity contribution in [2.45, 2.75) is 55.6 Å². The van der Waals surface area contributed by atoms with E-state index in [1.54, 1.807) is 24.3 Å². The van der Waals surface area contributed by atoms with Crippen LogP contribution in [-0.4, -0.2) is 33.0 Å². The third-order valence-electron chi connectivity index (χ3n) is 5.63. The van der Waals surface area contributed by atoms with E-state index in [0.29, 0.717) is 16.5 Å². The molecule has 1 saturated carbocycles. The molecule has 30 heavy (non-hydrogen) atoms. The van der Waals surface area contributed by atoms with Gasteiger partial charge in [-0.1, -0.05) is 49.4 Å². The van der Waals surface area contributed by atoms with Crippen molar-refractivity contribution in [2.75, 3.05) is 10.8 Å². The number of rotatable bonds is 4. The second kappa shape index (κ2) is 8.86. The van der Waals surface area contributed by atoms with E-state index in [4.69, 9.17) is 16.3 Å². The summed E-state index contributed by atoms with van der Waals surface area (Å²) < 4.78 is 33.9. The molecule has 160 valence electrons. The molecule has 0 bridgehead atoms. The van der Waals surface area contributed by atoms with E-state index in [1.807, 2.05) is 0 Å². The zero-order chi connectivity index (χ0) is 21.1. The molecule has 2 aliphatic rings. The van der Waals surface area contributed by atoms with Gasteiger partial charge in [0.25, 0.3) is 15.9 Å². The van der Waals surface area contributed by atoms with Crippen LogP contribution in [-0.2, 0) is 14.8 Å². The minimum atomic E-state index is -3.88. The highest BCUT2D eigenvalue weighted by atomic mass is 35.5. The molecule has 2 aromatic rings. The van der Waals surface area contributed by atoms with Gasteiger partial charge in [0.15, 0.2) is 6.10 Å². The highest BCUT2D eigenvalue weighted by molar-refractivity contribution is 7.92. The molecule has 1 aliphatic heterocycles. The average molecular weight is 449 g/mol. The zero-order valence-electron chi connectivity index (χ0n) is 16.6. The van der Waals surface area contributed by atoms with E-state index in [1.165, 1.54) is 41.4 Å². The molecule has 0 aromatic heterocycles. The number of fused-ring (bicyclic) bond motifs is 1. The van der Waals surface area contributed by atoms with Crippen LogP contribution in [0.5, 0.6) is 5.75 Å².